The number of benzene rings is 1. The number of piperidine rings is 1. The van der Waals surface area contributed by atoms with Crippen molar-refractivity contribution >= 4 is 15.7 Å². The van der Waals surface area contributed by atoms with Gasteiger partial charge in [-0.25, -0.2) is 17.2 Å². The number of carbonyl (C=O) groups is 1. The molecule has 0 radical (unpaired) electrons. The van der Waals surface area contributed by atoms with E-state index in [-0.39, 0.29) is 18.4 Å². The zero-order valence-electron chi connectivity index (χ0n) is 13.3. The number of hydrogen-bond donors (Lipinski definition) is 2. The van der Waals surface area contributed by atoms with Gasteiger partial charge in [0.15, 0.2) is 14.6 Å². The summed E-state index contributed by atoms with van der Waals surface area (Å²) in [6, 6.07) is 3.22. The highest BCUT2D eigenvalue weighted by Gasteiger charge is 2.52. The lowest BCUT2D eigenvalue weighted by atomic mass is 9.95. The Hall–Kier alpha value is -1.54. The maximum Gasteiger partial charge on any atom is 0.241 e. The quantitative estimate of drug-likeness (QED) is 0.845. The molecular formula is C16H20F2N2O3S. The number of amides is 1. The van der Waals surface area contributed by atoms with Crippen LogP contribution in [0.2, 0.25) is 0 Å². The van der Waals surface area contributed by atoms with Crippen molar-refractivity contribution in [2.75, 3.05) is 19.3 Å². The molecule has 2 unspecified atom stereocenters. The van der Waals surface area contributed by atoms with E-state index >= 15 is 0 Å². The molecule has 1 aromatic rings. The molecule has 2 fully saturated rings. The maximum atomic E-state index is 13.8. The van der Waals surface area contributed by atoms with Crippen molar-refractivity contribution in [3.05, 3.63) is 35.4 Å². The summed E-state index contributed by atoms with van der Waals surface area (Å²) < 4.78 is 50.6. The summed E-state index contributed by atoms with van der Waals surface area (Å²) in [6.45, 7) is 0.882. The van der Waals surface area contributed by atoms with Crippen molar-refractivity contribution in [2.24, 2.45) is 0 Å². The fraction of sp³-hybridized carbons (Fsp3) is 0.562. The lowest BCUT2D eigenvalue weighted by Gasteiger charge is -2.34. The molecule has 2 N–H and O–H groups in total. The van der Waals surface area contributed by atoms with Gasteiger partial charge in [0.1, 0.15) is 11.6 Å². The molecule has 1 aromatic carbocycles. The average Bonchev–Trinajstić information content (AvgIpc) is 3.25. The van der Waals surface area contributed by atoms with E-state index in [9.17, 15) is 22.0 Å². The van der Waals surface area contributed by atoms with E-state index in [1.165, 1.54) is 18.2 Å². The van der Waals surface area contributed by atoms with Crippen LogP contribution in [0.3, 0.4) is 0 Å². The first-order chi connectivity index (χ1) is 11.3. The Kier molecular flexibility index (Phi) is 4.37. The fourth-order valence-electron chi connectivity index (χ4n) is 3.44. The summed E-state index contributed by atoms with van der Waals surface area (Å²) in [5.41, 5.74) is -0.0403. The van der Waals surface area contributed by atoms with Crippen LogP contribution in [0.1, 0.15) is 30.7 Å². The predicted molar refractivity (Wildman–Crippen MR) is 85.3 cm³/mol. The SMILES string of the molecule is CS(=O)(=O)C1(C(=O)NC2CC2c2c(F)cccc2F)CCNCC1. The third kappa shape index (κ3) is 2.93. The van der Waals surface area contributed by atoms with Gasteiger partial charge >= 0.3 is 0 Å². The molecule has 0 spiro atoms. The molecule has 1 aliphatic carbocycles. The van der Waals surface area contributed by atoms with Gasteiger partial charge in [0.25, 0.3) is 0 Å². The minimum atomic E-state index is -3.60. The van der Waals surface area contributed by atoms with Gasteiger partial charge in [0, 0.05) is 23.8 Å². The molecule has 2 aliphatic rings. The minimum absolute atomic E-state index is 0.0403. The highest BCUT2D eigenvalue weighted by atomic mass is 32.2. The molecule has 24 heavy (non-hydrogen) atoms. The van der Waals surface area contributed by atoms with Crippen LogP contribution in [-0.4, -0.2) is 44.5 Å². The Morgan fingerprint density at radius 3 is 2.38 bits per heavy atom. The van der Waals surface area contributed by atoms with Crippen LogP contribution in [0.5, 0.6) is 0 Å². The third-order valence-electron chi connectivity index (χ3n) is 5.01. The summed E-state index contributed by atoms with van der Waals surface area (Å²) in [4.78, 5) is 12.7. The lowest BCUT2D eigenvalue weighted by Crippen LogP contribution is -2.57. The summed E-state index contributed by atoms with van der Waals surface area (Å²) in [5.74, 6) is -2.29. The van der Waals surface area contributed by atoms with Gasteiger partial charge in [-0.05, 0) is 44.5 Å². The second-order valence-corrected chi connectivity index (χ2v) is 8.90. The number of hydrogen-bond acceptors (Lipinski definition) is 4. The zero-order valence-corrected chi connectivity index (χ0v) is 14.1. The van der Waals surface area contributed by atoms with Crippen LogP contribution in [-0.2, 0) is 14.6 Å². The maximum absolute atomic E-state index is 13.8. The van der Waals surface area contributed by atoms with E-state index in [1.807, 2.05) is 0 Å². The van der Waals surface area contributed by atoms with Gasteiger partial charge in [-0.15, -0.1) is 0 Å². The van der Waals surface area contributed by atoms with Crippen LogP contribution < -0.4 is 10.6 Å². The second kappa shape index (κ2) is 6.07. The van der Waals surface area contributed by atoms with E-state index in [4.69, 9.17) is 0 Å². The monoisotopic (exact) mass is 358 g/mol. The molecule has 3 rings (SSSR count). The molecule has 2 atom stereocenters. The summed E-state index contributed by atoms with van der Waals surface area (Å²) in [5, 5.41) is 5.74. The van der Waals surface area contributed by atoms with Crippen molar-refractivity contribution in [1.29, 1.82) is 0 Å². The Bertz CT molecular complexity index is 740. The zero-order chi connectivity index (χ0) is 17.5. The number of sulfone groups is 1. The van der Waals surface area contributed by atoms with Crippen molar-refractivity contribution in [3.63, 3.8) is 0 Å². The summed E-state index contributed by atoms with van der Waals surface area (Å²) in [7, 11) is -3.60. The molecule has 1 saturated carbocycles. The second-order valence-electron chi connectivity index (χ2n) is 6.57. The molecule has 1 saturated heterocycles. The van der Waals surface area contributed by atoms with Crippen molar-refractivity contribution < 1.29 is 22.0 Å². The van der Waals surface area contributed by atoms with Crippen LogP contribution in [0, 0.1) is 11.6 Å². The fourth-order valence-corrected chi connectivity index (χ4v) is 4.78. The van der Waals surface area contributed by atoms with Crippen molar-refractivity contribution in [2.45, 2.75) is 36.0 Å². The van der Waals surface area contributed by atoms with Crippen LogP contribution >= 0.6 is 0 Å². The number of carbonyl (C=O) groups excluding carboxylic acids is 1. The molecule has 0 bridgehead atoms. The summed E-state index contributed by atoms with van der Waals surface area (Å²) >= 11 is 0. The first kappa shape index (κ1) is 17.3. The number of nitrogens with one attached hydrogen (secondary N) is 2. The van der Waals surface area contributed by atoms with Gasteiger partial charge in [-0.3, -0.25) is 4.79 Å². The van der Waals surface area contributed by atoms with E-state index in [0.29, 0.717) is 19.5 Å². The van der Waals surface area contributed by atoms with Crippen LogP contribution in [0.4, 0.5) is 8.78 Å². The Balaban J connectivity index is 1.76. The normalized spacial score (nSPS) is 26.0. The van der Waals surface area contributed by atoms with Gasteiger partial charge in [-0.2, -0.15) is 0 Å². The molecule has 1 heterocycles. The first-order valence-electron chi connectivity index (χ1n) is 7.91. The molecule has 1 aliphatic heterocycles. The molecule has 5 nitrogen and oxygen atoms in total. The Morgan fingerprint density at radius 2 is 1.83 bits per heavy atom. The van der Waals surface area contributed by atoms with E-state index in [2.05, 4.69) is 10.6 Å². The van der Waals surface area contributed by atoms with E-state index in [0.717, 1.165) is 6.26 Å². The molecule has 8 heteroatoms. The topological polar surface area (TPSA) is 75.3 Å². The van der Waals surface area contributed by atoms with Gasteiger partial charge in [-0.1, -0.05) is 6.07 Å². The van der Waals surface area contributed by atoms with Gasteiger partial charge in [0.05, 0.1) is 0 Å². The molecule has 1 amide bonds. The Morgan fingerprint density at radius 1 is 1.25 bits per heavy atom. The van der Waals surface area contributed by atoms with Crippen molar-refractivity contribution in [1.82, 2.24) is 10.6 Å². The van der Waals surface area contributed by atoms with Crippen LogP contribution in [0.15, 0.2) is 18.2 Å². The smallest absolute Gasteiger partial charge is 0.241 e. The standard InChI is InChI=1S/C16H20F2N2O3S/c1-24(22,23)16(5-7-19-8-6-16)15(21)20-13-9-10(13)14-11(17)3-2-4-12(14)18/h2-4,10,13,19H,5-9H2,1H3,(H,20,21). The summed E-state index contributed by atoms with van der Waals surface area (Å²) in [6.07, 6.45) is 1.87. The highest BCUT2D eigenvalue weighted by molar-refractivity contribution is 7.92. The minimum Gasteiger partial charge on any atom is -0.351 e. The third-order valence-corrected chi connectivity index (χ3v) is 7.03. The van der Waals surface area contributed by atoms with E-state index < -0.39 is 44.1 Å². The largest absolute Gasteiger partial charge is 0.351 e. The molecule has 0 aromatic heterocycles. The lowest BCUT2D eigenvalue weighted by molar-refractivity contribution is -0.124. The van der Waals surface area contributed by atoms with Crippen molar-refractivity contribution in [3.8, 4) is 0 Å². The predicted octanol–water partition coefficient (Wildman–Crippen LogP) is 1.10. The number of rotatable bonds is 4. The average molecular weight is 358 g/mol. The first-order valence-corrected chi connectivity index (χ1v) is 9.80. The Labute approximate surface area is 139 Å². The molecular weight excluding hydrogens is 338 g/mol. The van der Waals surface area contributed by atoms with Gasteiger partial charge in [0.2, 0.25) is 5.91 Å². The van der Waals surface area contributed by atoms with Crippen LogP contribution in [0.25, 0.3) is 0 Å². The van der Waals surface area contributed by atoms with Gasteiger partial charge < -0.3 is 10.6 Å². The van der Waals surface area contributed by atoms with E-state index in [1.54, 1.807) is 0 Å². The number of halogens is 2. The highest BCUT2D eigenvalue weighted by Crippen LogP contribution is 2.43. The molecule has 132 valence electrons.